The molecule has 16 heteroatoms. The van der Waals surface area contributed by atoms with Crippen LogP contribution in [-0.4, -0.2) is 100 Å². The Morgan fingerprint density at radius 1 is 1.02 bits per heavy atom. The summed E-state index contributed by atoms with van der Waals surface area (Å²) in [5.41, 5.74) is 0.158. The molecule has 0 aliphatic heterocycles. The molecular formula is C37H49ClN2O13. The van der Waals surface area contributed by atoms with E-state index in [9.17, 15) is 29.7 Å². The van der Waals surface area contributed by atoms with Crippen molar-refractivity contribution >= 4 is 29.4 Å². The highest BCUT2D eigenvalue weighted by atomic mass is 35.5. The molecule has 1 unspecified atom stereocenters. The number of rotatable bonds is 22. The lowest BCUT2D eigenvalue weighted by atomic mass is 9.89. The summed E-state index contributed by atoms with van der Waals surface area (Å²) in [6.07, 6.45) is 7.50. The first-order valence-electron chi connectivity index (χ1n) is 17.3. The summed E-state index contributed by atoms with van der Waals surface area (Å²) in [5.74, 6) is -1.63. The molecule has 1 saturated carbocycles. The summed E-state index contributed by atoms with van der Waals surface area (Å²) >= 11 is 5.96. The van der Waals surface area contributed by atoms with Gasteiger partial charge in [-0.1, -0.05) is 42.0 Å². The van der Waals surface area contributed by atoms with Gasteiger partial charge in [0.1, 0.15) is 24.5 Å². The molecule has 6 N–H and O–H groups in total. The fourth-order valence-electron chi connectivity index (χ4n) is 5.56. The highest BCUT2D eigenvalue weighted by Crippen LogP contribution is 2.36. The summed E-state index contributed by atoms with van der Waals surface area (Å²) in [7, 11) is 1.34. The first kappa shape index (κ1) is 43.3. The Hall–Kier alpha value is -4.06. The maximum absolute atomic E-state index is 12.7. The van der Waals surface area contributed by atoms with Crippen molar-refractivity contribution < 1.29 is 63.9 Å². The van der Waals surface area contributed by atoms with Crippen LogP contribution < -0.4 is 19.5 Å². The van der Waals surface area contributed by atoms with Crippen molar-refractivity contribution in [3.8, 4) is 17.2 Å². The molecule has 3 rings (SSSR count). The molecule has 0 saturated heterocycles. The molecule has 292 valence electrons. The van der Waals surface area contributed by atoms with E-state index in [4.69, 9.17) is 41.0 Å². The zero-order valence-electron chi connectivity index (χ0n) is 29.7. The molecule has 0 bridgehead atoms. The topological polar surface area (TPSA) is 214 Å². The van der Waals surface area contributed by atoms with Crippen molar-refractivity contribution in [2.24, 2.45) is 11.8 Å². The predicted octanol–water partition coefficient (Wildman–Crippen LogP) is 4.18. The molecule has 1 amide bonds. The Morgan fingerprint density at radius 2 is 1.79 bits per heavy atom. The molecule has 1 fully saturated rings. The van der Waals surface area contributed by atoms with E-state index < -0.39 is 41.7 Å². The van der Waals surface area contributed by atoms with Gasteiger partial charge in [0, 0.05) is 23.8 Å². The zero-order chi connectivity index (χ0) is 38.8. The van der Waals surface area contributed by atoms with Crippen LogP contribution in [0.25, 0.3) is 0 Å². The quantitative estimate of drug-likeness (QED) is 0.0327. The van der Waals surface area contributed by atoms with Crippen LogP contribution in [0.1, 0.15) is 62.2 Å². The number of aliphatic hydroxyl groups is 3. The van der Waals surface area contributed by atoms with Gasteiger partial charge in [0.2, 0.25) is 5.91 Å². The number of hydrogen-bond acceptors (Lipinski definition) is 14. The van der Waals surface area contributed by atoms with Crippen molar-refractivity contribution in [3.05, 3.63) is 77.4 Å². The second-order valence-electron chi connectivity index (χ2n) is 12.4. The van der Waals surface area contributed by atoms with Crippen LogP contribution in [0, 0.1) is 11.8 Å². The minimum atomic E-state index is -0.970. The molecule has 6 atom stereocenters. The Labute approximate surface area is 313 Å². The van der Waals surface area contributed by atoms with Gasteiger partial charge in [0.15, 0.2) is 11.5 Å². The van der Waals surface area contributed by atoms with Gasteiger partial charge < -0.3 is 39.6 Å². The van der Waals surface area contributed by atoms with Gasteiger partial charge in [-0.25, -0.2) is 9.59 Å². The van der Waals surface area contributed by atoms with Crippen LogP contribution in [0.15, 0.2) is 66.8 Å². The van der Waals surface area contributed by atoms with E-state index in [-0.39, 0.29) is 67.5 Å². The predicted molar refractivity (Wildman–Crippen MR) is 190 cm³/mol. The minimum Gasteiger partial charge on any atom is -0.493 e. The second kappa shape index (κ2) is 22.9. The maximum Gasteiger partial charge on any atom is 0.338 e. The van der Waals surface area contributed by atoms with E-state index in [2.05, 4.69) is 10.2 Å². The standard InChI is InChI=1S/C37H49ClN2O13/c1-24(36(45)53-33-17-14-25(20-34(33)49-2)37(46)50-18-7-8-19-52-40(47)48)39-35(44)13-6-4-3-5-12-29-30(32(43)22-31(29)42)16-15-27(41)23-51-28-11-9-10-26(38)21-28/h3,5,9-11,14-17,20-21,24,27,29-32,41-43,47-48H,4,6-8,12-13,18-19,22-23H2,1-2H3,(H,39,44)/b5-3-,16-15+/t24?,27-,29-,30-,31+,32-/m1/s1. The van der Waals surface area contributed by atoms with Gasteiger partial charge in [-0.05, 0) is 81.3 Å². The molecule has 2 aromatic rings. The molecule has 0 radical (unpaired) electrons. The van der Waals surface area contributed by atoms with E-state index in [1.54, 1.807) is 36.4 Å². The smallest absolute Gasteiger partial charge is 0.338 e. The van der Waals surface area contributed by atoms with Crippen LogP contribution in [0.2, 0.25) is 5.02 Å². The Bertz CT molecular complexity index is 1520. The highest BCUT2D eigenvalue weighted by Gasteiger charge is 2.39. The monoisotopic (exact) mass is 764 g/mol. The number of aliphatic hydroxyl groups excluding tert-OH is 3. The van der Waals surface area contributed by atoms with Gasteiger partial charge >= 0.3 is 11.9 Å². The largest absolute Gasteiger partial charge is 0.493 e. The van der Waals surface area contributed by atoms with Gasteiger partial charge in [0.25, 0.3) is 0 Å². The van der Waals surface area contributed by atoms with Crippen molar-refractivity contribution in [2.75, 3.05) is 26.9 Å². The number of nitrogens with zero attached hydrogens (tertiary/aromatic N) is 1. The van der Waals surface area contributed by atoms with Crippen LogP contribution in [0.5, 0.6) is 17.2 Å². The number of amides is 1. The van der Waals surface area contributed by atoms with Crippen LogP contribution in [0.3, 0.4) is 0 Å². The molecule has 0 spiro atoms. The highest BCUT2D eigenvalue weighted by molar-refractivity contribution is 6.30. The van der Waals surface area contributed by atoms with E-state index in [0.717, 1.165) is 0 Å². The van der Waals surface area contributed by atoms with Crippen LogP contribution in [0.4, 0.5) is 0 Å². The number of unbranched alkanes of at least 4 members (excludes halogenated alkanes) is 2. The lowest BCUT2D eigenvalue weighted by Gasteiger charge is -2.19. The van der Waals surface area contributed by atoms with E-state index in [1.807, 2.05) is 12.2 Å². The SMILES string of the molecule is COc1cc(C(=O)OCCCCON(O)O)ccc1OC(=O)C(C)NC(=O)CCC/C=C\C[C@@H]1[C@@H](/C=C/[C@@H](O)COc2cccc(Cl)c2)[C@H](O)C[C@@H]1O. The summed E-state index contributed by atoms with van der Waals surface area (Å²) < 4.78 is 21.4. The Kier molecular flexibility index (Phi) is 18.7. The lowest BCUT2D eigenvalue weighted by molar-refractivity contribution is -0.492. The lowest BCUT2D eigenvalue weighted by Crippen LogP contribution is -2.40. The first-order chi connectivity index (χ1) is 25.4. The molecule has 15 nitrogen and oxygen atoms in total. The van der Waals surface area contributed by atoms with E-state index >= 15 is 0 Å². The van der Waals surface area contributed by atoms with Gasteiger partial charge in [-0.15, -0.1) is 0 Å². The van der Waals surface area contributed by atoms with Gasteiger partial charge in [-0.3, -0.25) is 20.0 Å². The van der Waals surface area contributed by atoms with Crippen molar-refractivity contribution in [3.63, 3.8) is 0 Å². The number of ether oxygens (including phenoxy) is 4. The van der Waals surface area contributed by atoms with Crippen LogP contribution in [-0.2, 0) is 19.2 Å². The number of methoxy groups -OCH3 is 1. The van der Waals surface area contributed by atoms with Crippen molar-refractivity contribution in [1.29, 1.82) is 0 Å². The molecule has 1 aliphatic carbocycles. The average Bonchev–Trinajstić information content (AvgIpc) is 3.39. The van der Waals surface area contributed by atoms with Crippen molar-refractivity contribution in [1.82, 2.24) is 10.7 Å². The molecule has 0 heterocycles. The molecule has 2 aromatic carbocycles. The number of carbonyl (C=O) groups excluding carboxylic acids is 3. The summed E-state index contributed by atoms with van der Waals surface area (Å²) in [5, 5.41) is 51.1. The summed E-state index contributed by atoms with van der Waals surface area (Å²) in [4.78, 5) is 42.0. The number of hydrogen-bond donors (Lipinski definition) is 6. The normalized spacial score (nSPS) is 19.7. The van der Waals surface area contributed by atoms with Crippen LogP contribution >= 0.6 is 11.6 Å². The summed E-state index contributed by atoms with van der Waals surface area (Å²) in [6.45, 7) is 1.58. The fourth-order valence-corrected chi connectivity index (χ4v) is 5.74. The number of allylic oxidation sites excluding steroid dienone is 2. The number of carbonyl (C=O) groups is 3. The average molecular weight is 765 g/mol. The Morgan fingerprint density at radius 3 is 2.53 bits per heavy atom. The van der Waals surface area contributed by atoms with E-state index in [0.29, 0.717) is 42.9 Å². The number of esters is 2. The third-order valence-electron chi connectivity index (χ3n) is 8.36. The third-order valence-corrected chi connectivity index (χ3v) is 8.59. The molecule has 1 aliphatic rings. The van der Waals surface area contributed by atoms with Gasteiger partial charge in [0.05, 0.1) is 43.5 Å². The summed E-state index contributed by atoms with van der Waals surface area (Å²) in [6, 6.07) is 10.0. The van der Waals surface area contributed by atoms with Crippen molar-refractivity contribution in [2.45, 2.75) is 76.2 Å². The number of benzene rings is 2. The third kappa shape index (κ3) is 15.4. The zero-order valence-corrected chi connectivity index (χ0v) is 30.5. The second-order valence-corrected chi connectivity index (χ2v) is 12.9. The van der Waals surface area contributed by atoms with E-state index in [1.165, 1.54) is 32.2 Å². The number of halogens is 1. The molecule has 53 heavy (non-hydrogen) atoms. The molecular weight excluding hydrogens is 716 g/mol. The fraction of sp³-hybridized carbons (Fsp3) is 0.486. The Balaban J connectivity index is 1.37. The minimum absolute atomic E-state index is 0.00294. The van der Waals surface area contributed by atoms with Gasteiger partial charge in [-0.2, -0.15) is 0 Å². The number of nitrogens with one attached hydrogen (secondary N) is 1. The molecule has 0 aromatic heterocycles. The first-order valence-corrected chi connectivity index (χ1v) is 17.7. The maximum atomic E-state index is 12.7.